The van der Waals surface area contributed by atoms with Gasteiger partial charge in [0, 0.05) is 23.8 Å². The van der Waals surface area contributed by atoms with Crippen molar-refractivity contribution in [2.24, 2.45) is 5.92 Å². The van der Waals surface area contributed by atoms with Gasteiger partial charge in [-0.3, -0.25) is 0 Å². The van der Waals surface area contributed by atoms with Crippen molar-refractivity contribution in [2.45, 2.75) is 65.5 Å². The molecule has 1 heterocycles. The molecule has 2 rings (SSSR count). The van der Waals surface area contributed by atoms with Crippen molar-refractivity contribution in [3.05, 3.63) is 23.4 Å². The SMILES string of the molecule is Cc1cc(CNC(C)(C)C)cc(OCC2CCCC2)n1. The number of ether oxygens (including phenoxy) is 1. The zero-order valence-electron chi connectivity index (χ0n) is 13.3. The molecule has 1 aliphatic carbocycles. The lowest BCUT2D eigenvalue weighted by Crippen LogP contribution is -2.35. The van der Waals surface area contributed by atoms with E-state index >= 15 is 0 Å². The van der Waals surface area contributed by atoms with Crippen LogP contribution in [0.1, 0.15) is 57.7 Å². The van der Waals surface area contributed by atoms with Crippen LogP contribution in [0.3, 0.4) is 0 Å². The first-order valence-corrected chi connectivity index (χ1v) is 7.78. The Bertz CT molecular complexity index is 431. The van der Waals surface area contributed by atoms with E-state index in [1.807, 2.05) is 6.92 Å². The van der Waals surface area contributed by atoms with Gasteiger partial charge in [0.2, 0.25) is 5.88 Å². The number of hydrogen-bond acceptors (Lipinski definition) is 3. The third kappa shape index (κ3) is 5.12. The summed E-state index contributed by atoms with van der Waals surface area (Å²) in [6, 6.07) is 4.20. The normalized spacial score (nSPS) is 16.6. The van der Waals surface area contributed by atoms with Crippen molar-refractivity contribution in [3.63, 3.8) is 0 Å². The highest BCUT2D eigenvalue weighted by atomic mass is 16.5. The lowest BCUT2D eigenvalue weighted by Gasteiger charge is -2.21. The molecule has 1 aromatic rings. The Morgan fingerprint density at radius 1 is 1.25 bits per heavy atom. The monoisotopic (exact) mass is 276 g/mol. The van der Waals surface area contributed by atoms with Crippen LogP contribution in [0.15, 0.2) is 12.1 Å². The molecule has 3 nitrogen and oxygen atoms in total. The van der Waals surface area contributed by atoms with Crippen LogP contribution in [0.25, 0.3) is 0 Å². The van der Waals surface area contributed by atoms with Gasteiger partial charge in [-0.2, -0.15) is 0 Å². The molecule has 0 aromatic carbocycles. The Morgan fingerprint density at radius 3 is 2.60 bits per heavy atom. The molecule has 0 spiro atoms. The number of nitrogens with zero attached hydrogens (tertiary/aromatic N) is 1. The maximum Gasteiger partial charge on any atom is 0.213 e. The second-order valence-corrected chi connectivity index (χ2v) is 7.02. The molecule has 0 bridgehead atoms. The van der Waals surface area contributed by atoms with Crippen molar-refractivity contribution in [2.75, 3.05) is 6.61 Å². The number of pyridine rings is 1. The number of aromatic nitrogens is 1. The van der Waals surface area contributed by atoms with Crippen molar-refractivity contribution >= 4 is 0 Å². The molecule has 1 saturated carbocycles. The number of aryl methyl sites for hydroxylation is 1. The average molecular weight is 276 g/mol. The van der Waals surface area contributed by atoms with Gasteiger partial charge in [0.15, 0.2) is 0 Å². The zero-order chi connectivity index (χ0) is 14.6. The van der Waals surface area contributed by atoms with Crippen molar-refractivity contribution < 1.29 is 4.74 Å². The molecule has 0 aliphatic heterocycles. The van der Waals surface area contributed by atoms with Crippen LogP contribution in [0.2, 0.25) is 0 Å². The first-order chi connectivity index (χ1) is 9.42. The Labute approximate surface area is 123 Å². The van der Waals surface area contributed by atoms with E-state index < -0.39 is 0 Å². The predicted octanol–water partition coefficient (Wildman–Crippen LogP) is 3.85. The van der Waals surface area contributed by atoms with Crippen LogP contribution in [0.4, 0.5) is 0 Å². The lowest BCUT2D eigenvalue weighted by molar-refractivity contribution is 0.243. The third-order valence-electron chi connectivity index (χ3n) is 3.75. The second-order valence-electron chi connectivity index (χ2n) is 7.02. The fraction of sp³-hybridized carbons (Fsp3) is 0.706. The van der Waals surface area contributed by atoms with Crippen LogP contribution >= 0.6 is 0 Å². The third-order valence-corrected chi connectivity index (χ3v) is 3.75. The van der Waals surface area contributed by atoms with Crippen molar-refractivity contribution in [1.82, 2.24) is 10.3 Å². The molecule has 1 aromatic heterocycles. The van der Waals surface area contributed by atoms with Gasteiger partial charge in [-0.15, -0.1) is 0 Å². The van der Waals surface area contributed by atoms with Crippen LogP contribution in [0.5, 0.6) is 5.88 Å². The first-order valence-electron chi connectivity index (χ1n) is 7.78. The van der Waals surface area contributed by atoms with E-state index in [0.29, 0.717) is 0 Å². The molecule has 1 fully saturated rings. The Hall–Kier alpha value is -1.09. The van der Waals surface area contributed by atoms with Gasteiger partial charge >= 0.3 is 0 Å². The first kappa shape index (κ1) is 15.3. The minimum atomic E-state index is 0.127. The van der Waals surface area contributed by atoms with E-state index in [9.17, 15) is 0 Å². The number of rotatable bonds is 5. The van der Waals surface area contributed by atoms with Crippen LogP contribution in [-0.4, -0.2) is 17.1 Å². The molecule has 20 heavy (non-hydrogen) atoms. The smallest absolute Gasteiger partial charge is 0.213 e. The summed E-state index contributed by atoms with van der Waals surface area (Å²) < 4.78 is 5.90. The fourth-order valence-corrected chi connectivity index (χ4v) is 2.63. The molecule has 3 heteroatoms. The predicted molar refractivity (Wildman–Crippen MR) is 83.0 cm³/mol. The van der Waals surface area contributed by atoms with E-state index in [0.717, 1.165) is 30.6 Å². The Balaban J connectivity index is 1.93. The van der Waals surface area contributed by atoms with Gasteiger partial charge < -0.3 is 10.1 Å². The molecular formula is C17H28N2O. The summed E-state index contributed by atoms with van der Waals surface area (Å²) in [5.41, 5.74) is 2.40. The molecule has 1 N–H and O–H groups in total. The van der Waals surface area contributed by atoms with Crippen molar-refractivity contribution in [1.29, 1.82) is 0 Å². The van der Waals surface area contributed by atoms with Crippen LogP contribution in [-0.2, 0) is 6.54 Å². The summed E-state index contributed by atoms with van der Waals surface area (Å²) in [7, 11) is 0. The number of nitrogens with one attached hydrogen (secondary N) is 1. The minimum Gasteiger partial charge on any atom is -0.477 e. The Morgan fingerprint density at radius 2 is 1.95 bits per heavy atom. The summed E-state index contributed by atoms with van der Waals surface area (Å²) in [5.74, 6) is 1.51. The molecule has 0 radical (unpaired) electrons. The standard InChI is InChI=1S/C17H28N2O/c1-13-9-15(11-18-17(2,3)4)10-16(19-13)20-12-14-7-5-6-8-14/h9-10,14,18H,5-8,11-12H2,1-4H3. The highest BCUT2D eigenvalue weighted by molar-refractivity contribution is 5.24. The van der Waals surface area contributed by atoms with E-state index in [4.69, 9.17) is 4.74 Å². The van der Waals surface area contributed by atoms with Gasteiger partial charge in [-0.05, 0) is 58.1 Å². The fourth-order valence-electron chi connectivity index (χ4n) is 2.63. The van der Waals surface area contributed by atoms with Gasteiger partial charge in [0.1, 0.15) is 0 Å². The summed E-state index contributed by atoms with van der Waals surface area (Å²) in [6.07, 6.45) is 5.33. The highest BCUT2D eigenvalue weighted by Crippen LogP contribution is 2.25. The van der Waals surface area contributed by atoms with E-state index in [2.05, 4.69) is 43.2 Å². The quantitative estimate of drug-likeness (QED) is 0.887. The molecule has 112 valence electrons. The topological polar surface area (TPSA) is 34.1 Å². The van der Waals surface area contributed by atoms with Gasteiger partial charge in [-0.1, -0.05) is 12.8 Å². The molecular weight excluding hydrogens is 248 g/mol. The molecule has 0 unspecified atom stereocenters. The summed E-state index contributed by atoms with van der Waals surface area (Å²) in [6.45, 7) is 10.2. The summed E-state index contributed by atoms with van der Waals surface area (Å²) >= 11 is 0. The van der Waals surface area contributed by atoms with Crippen molar-refractivity contribution in [3.8, 4) is 5.88 Å². The zero-order valence-corrected chi connectivity index (χ0v) is 13.3. The lowest BCUT2D eigenvalue weighted by atomic mass is 10.1. The van der Waals surface area contributed by atoms with Gasteiger partial charge in [-0.25, -0.2) is 4.98 Å². The summed E-state index contributed by atoms with van der Waals surface area (Å²) in [5, 5.41) is 3.51. The molecule has 0 saturated heterocycles. The maximum absolute atomic E-state index is 5.90. The maximum atomic E-state index is 5.90. The van der Waals surface area contributed by atoms with Gasteiger partial charge in [0.05, 0.1) is 6.61 Å². The van der Waals surface area contributed by atoms with Gasteiger partial charge in [0.25, 0.3) is 0 Å². The molecule has 1 aliphatic rings. The Kier molecular flexibility index (Phi) is 5.03. The van der Waals surface area contributed by atoms with Crippen LogP contribution in [0, 0.1) is 12.8 Å². The molecule has 0 amide bonds. The van der Waals surface area contributed by atoms with Crippen LogP contribution < -0.4 is 10.1 Å². The van der Waals surface area contributed by atoms with E-state index in [1.54, 1.807) is 0 Å². The molecule has 0 atom stereocenters. The average Bonchev–Trinajstić information content (AvgIpc) is 2.86. The largest absolute Gasteiger partial charge is 0.477 e. The summed E-state index contributed by atoms with van der Waals surface area (Å²) in [4.78, 5) is 4.49. The second kappa shape index (κ2) is 6.57. The highest BCUT2D eigenvalue weighted by Gasteiger charge is 2.16. The minimum absolute atomic E-state index is 0.127. The number of hydrogen-bond donors (Lipinski definition) is 1. The van der Waals surface area contributed by atoms with E-state index in [1.165, 1.54) is 31.2 Å². The van der Waals surface area contributed by atoms with E-state index in [-0.39, 0.29) is 5.54 Å².